The molecule has 96 valence electrons. The van der Waals surface area contributed by atoms with Gasteiger partial charge in [0.05, 0.1) is 23.4 Å². The standard InChI is InChI=1S/C12H15N3O3/c1-12(11(17)18)5-2-3-9(12)15-10(16)8-4-6-13-14-7-8/h4,6-7,9H,2-3,5H2,1H3,(H,15,16)(H,17,18). The van der Waals surface area contributed by atoms with E-state index in [0.29, 0.717) is 18.4 Å². The number of hydrogen-bond donors (Lipinski definition) is 2. The number of amides is 1. The Labute approximate surface area is 104 Å². The van der Waals surface area contributed by atoms with Crippen LogP contribution in [0.15, 0.2) is 18.5 Å². The third-order valence-corrected chi connectivity index (χ3v) is 3.60. The molecule has 1 saturated carbocycles. The van der Waals surface area contributed by atoms with Crippen LogP contribution in [0, 0.1) is 5.41 Å². The van der Waals surface area contributed by atoms with Crippen molar-refractivity contribution in [2.24, 2.45) is 5.41 Å². The van der Waals surface area contributed by atoms with Crippen LogP contribution in [-0.4, -0.2) is 33.2 Å². The molecular weight excluding hydrogens is 234 g/mol. The molecule has 1 amide bonds. The van der Waals surface area contributed by atoms with Crippen LogP contribution in [0.1, 0.15) is 36.5 Å². The van der Waals surface area contributed by atoms with Crippen molar-refractivity contribution < 1.29 is 14.7 Å². The first-order chi connectivity index (χ1) is 8.54. The highest BCUT2D eigenvalue weighted by Crippen LogP contribution is 2.38. The van der Waals surface area contributed by atoms with Gasteiger partial charge in [0.25, 0.3) is 5.91 Å². The number of carbonyl (C=O) groups excluding carboxylic acids is 1. The molecule has 0 aromatic carbocycles. The van der Waals surface area contributed by atoms with E-state index in [1.54, 1.807) is 13.0 Å². The first-order valence-electron chi connectivity index (χ1n) is 5.85. The molecule has 2 unspecified atom stereocenters. The van der Waals surface area contributed by atoms with Crippen LogP contribution < -0.4 is 5.32 Å². The minimum absolute atomic E-state index is 0.302. The van der Waals surface area contributed by atoms with E-state index in [1.165, 1.54) is 12.4 Å². The number of carbonyl (C=O) groups is 2. The average Bonchev–Trinajstić information content (AvgIpc) is 2.73. The molecule has 6 nitrogen and oxygen atoms in total. The third kappa shape index (κ3) is 2.18. The van der Waals surface area contributed by atoms with Crippen molar-refractivity contribution in [2.45, 2.75) is 32.2 Å². The van der Waals surface area contributed by atoms with Crippen LogP contribution in [0.5, 0.6) is 0 Å². The Balaban J connectivity index is 2.10. The fraction of sp³-hybridized carbons (Fsp3) is 0.500. The van der Waals surface area contributed by atoms with Gasteiger partial charge in [-0.15, -0.1) is 0 Å². The topological polar surface area (TPSA) is 92.2 Å². The molecule has 1 aliphatic rings. The summed E-state index contributed by atoms with van der Waals surface area (Å²) in [5, 5.41) is 19.2. The first kappa shape index (κ1) is 12.5. The zero-order chi connectivity index (χ0) is 13.2. The second-order valence-corrected chi connectivity index (χ2v) is 4.77. The van der Waals surface area contributed by atoms with Crippen LogP contribution in [0.25, 0.3) is 0 Å². The van der Waals surface area contributed by atoms with E-state index >= 15 is 0 Å². The van der Waals surface area contributed by atoms with Crippen molar-refractivity contribution >= 4 is 11.9 Å². The number of nitrogens with zero attached hydrogens (tertiary/aromatic N) is 2. The SMILES string of the molecule is CC1(C(=O)O)CCCC1NC(=O)c1ccnnc1. The molecule has 1 aromatic rings. The number of hydrogen-bond acceptors (Lipinski definition) is 4. The molecule has 6 heteroatoms. The van der Waals surface area contributed by atoms with Gasteiger partial charge in [-0.2, -0.15) is 10.2 Å². The summed E-state index contributed by atoms with van der Waals surface area (Å²) >= 11 is 0. The number of carboxylic acids is 1. The summed E-state index contributed by atoms with van der Waals surface area (Å²) in [5.74, 6) is -1.16. The van der Waals surface area contributed by atoms with Gasteiger partial charge in [-0.1, -0.05) is 6.42 Å². The summed E-state index contributed by atoms with van der Waals surface area (Å²) in [4.78, 5) is 23.2. The predicted molar refractivity (Wildman–Crippen MR) is 62.9 cm³/mol. The molecule has 2 atom stereocenters. The summed E-state index contributed by atoms with van der Waals surface area (Å²) in [6.07, 6.45) is 4.87. The molecule has 1 heterocycles. The molecule has 0 aliphatic heterocycles. The van der Waals surface area contributed by atoms with Gasteiger partial charge < -0.3 is 10.4 Å². The molecule has 0 bridgehead atoms. The number of carboxylic acid groups (broad SMARTS) is 1. The highest BCUT2D eigenvalue weighted by atomic mass is 16.4. The van der Waals surface area contributed by atoms with Crippen molar-refractivity contribution in [1.29, 1.82) is 0 Å². The lowest BCUT2D eigenvalue weighted by Crippen LogP contribution is -2.47. The Kier molecular flexibility index (Phi) is 3.27. The van der Waals surface area contributed by atoms with Crippen molar-refractivity contribution in [3.05, 3.63) is 24.0 Å². The maximum atomic E-state index is 11.9. The lowest BCUT2D eigenvalue weighted by atomic mass is 9.85. The highest BCUT2D eigenvalue weighted by molar-refractivity contribution is 5.94. The maximum absolute atomic E-state index is 11.9. The number of aromatic nitrogens is 2. The number of rotatable bonds is 3. The average molecular weight is 249 g/mol. The lowest BCUT2D eigenvalue weighted by Gasteiger charge is -2.27. The minimum Gasteiger partial charge on any atom is -0.481 e. The minimum atomic E-state index is -0.879. The Morgan fingerprint density at radius 3 is 2.89 bits per heavy atom. The molecule has 0 radical (unpaired) electrons. The Bertz CT molecular complexity index is 463. The molecule has 0 spiro atoms. The second-order valence-electron chi connectivity index (χ2n) is 4.77. The Morgan fingerprint density at radius 2 is 2.28 bits per heavy atom. The lowest BCUT2D eigenvalue weighted by molar-refractivity contribution is -0.148. The zero-order valence-corrected chi connectivity index (χ0v) is 10.1. The van der Waals surface area contributed by atoms with Crippen molar-refractivity contribution in [2.75, 3.05) is 0 Å². The third-order valence-electron chi connectivity index (χ3n) is 3.60. The van der Waals surface area contributed by atoms with Gasteiger partial charge in [0.1, 0.15) is 0 Å². The van der Waals surface area contributed by atoms with Gasteiger partial charge in [-0.05, 0) is 25.8 Å². The Morgan fingerprint density at radius 1 is 1.50 bits per heavy atom. The molecular formula is C12H15N3O3. The zero-order valence-electron chi connectivity index (χ0n) is 10.1. The van der Waals surface area contributed by atoms with Crippen LogP contribution in [0.4, 0.5) is 0 Å². The van der Waals surface area contributed by atoms with Gasteiger partial charge in [0, 0.05) is 6.04 Å². The van der Waals surface area contributed by atoms with Gasteiger partial charge in [0.2, 0.25) is 0 Å². The maximum Gasteiger partial charge on any atom is 0.311 e. The van der Waals surface area contributed by atoms with Crippen molar-refractivity contribution in [3.8, 4) is 0 Å². The normalized spacial score (nSPS) is 26.8. The summed E-state index contributed by atoms with van der Waals surface area (Å²) in [6, 6.07) is 1.21. The van der Waals surface area contributed by atoms with E-state index in [9.17, 15) is 14.7 Å². The van der Waals surface area contributed by atoms with Gasteiger partial charge in [-0.25, -0.2) is 0 Å². The van der Waals surface area contributed by atoms with Crippen LogP contribution in [0.3, 0.4) is 0 Å². The number of aliphatic carboxylic acids is 1. The largest absolute Gasteiger partial charge is 0.481 e. The quantitative estimate of drug-likeness (QED) is 0.828. The van der Waals surface area contributed by atoms with Gasteiger partial charge in [-0.3, -0.25) is 9.59 Å². The van der Waals surface area contributed by atoms with Crippen LogP contribution in [0.2, 0.25) is 0 Å². The molecule has 1 aromatic heterocycles. The van der Waals surface area contributed by atoms with Crippen molar-refractivity contribution in [1.82, 2.24) is 15.5 Å². The fourth-order valence-electron chi connectivity index (χ4n) is 2.32. The number of nitrogens with one attached hydrogen (secondary N) is 1. The monoisotopic (exact) mass is 249 g/mol. The second kappa shape index (κ2) is 4.72. The smallest absolute Gasteiger partial charge is 0.311 e. The molecule has 0 saturated heterocycles. The summed E-state index contributed by atoms with van der Waals surface area (Å²) in [5.41, 5.74) is -0.486. The summed E-state index contributed by atoms with van der Waals surface area (Å²) < 4.78 is 0. The fourth-order valence-corrected chi connectivity index (χ4v) is 2.32. The van der Waals surface area contributed by atoms with Crippen LogP contribution in [-0.2, 0) is 4.79 Å². The van der Waals surface area contributed by atoms with E-state index in [0.717, 1.165) is 6.42 Å². The molecule has 1 fully saturated rings. The summed E-state index contributed by atoms with van der Waals surface area (Å²) in [7, 11) is 0. The van der Waals surface area contributed by atoms with Gasteiger partial charge >= 0.3 is 5.97 Å². The van der Waals surface area contributed by atoms with Crippen molar-refractivity contribution in [3.63, 3.8) is 0 Å². The predicted octanol–water partition coefficient (Wildman–Crippen LogP) is 0.850. The molecule has 2 N–H and O–H groups in total. The van der Waals surface area contributed by atoms with E-state index in [2.05, 4.69) is 15.5 Å². The summed E-state index contributed by atoms with van der Waals surface area (Å²) in [6.45, 7) is 1.68. The molecule has 2 rings (SSSR count). The Hall–Kier alpha value is -1.98. The van der Waals surface area contributed by atoms with Crippen LogP contribution >= 0.6 is 0 Å². The van der Waals surface area contributed by atoms with E-state index in [1.807, 2.05) is 0 Å². The van der Waals surface area contributed by atoms with E-state index in [4.69, 9.17) is 0 Å². The first-order valence-corrected chi connectivity index (χ1v) is 5.85. The molecule has 1 aliphatic carbocycles. The van der Waals surface area contributed by atoms with E-state index < -0.39 is 11.4 Å². The van der Waals surface area contributed by atoms with Gasteiger partial charge in [0.15, 0.2) is 0 Å². The van der Waals surface area contributed by atoms with E-state index in [-0.39, 0.29) is 11.9 Å². The molecule has 18 heavy (non-hydrogen) atoms. The highest BCUT2D eigenvalue weighted by Gasteiger charge is 2.45.